The average Bonchev–Trinajstić information content (AvgIpc) is 2.80. The second-order valence-electron chi connectivity index (χ2n) is 9.96. The summed E-state index contributed by atoms with van der Waals surface area (Å²) in [6.45, 7) is 12.9. The Kier molecular flexibility index (Phi) is 8.10. The van der Waals surface area contributed by atoms with Crippen LogP contribution in [-0.4, -0.2) is 66.8 Å². The Morgan fingerprint density at radius 3 is 2.18 bits per heavy atom. The summed E-state index contributed by atoms with van der Waals surface area (Å²) < 4.78 is 0. The zero-order valence-corrected chi connectivity index (χ0v) is 20.9. The van der Waals surface area contributed by atoms with Crippen LogP contribution in [0.5, 0.6) is 0 Å². The molecular formula is C27H36N4O3. The maximum Gasteiger partial charge on any atom is 0.251 e. The molecule has 2 aromatic carbocycles. The zero-order valence-electron chi connectivity index (χ0n) is 20.9. The van der Waals surface area contributed by atoms with E-state index in [1.165, 1.54) is 0 Å². The number of hydrogen-bond donors (Lipinski definition) is 2. The van der Waals surface area contributed by atoms with Crippen molar-refractivity contribution in [1.82, 2.24) is 15.1 Å². The molecule has 1 aliphatic rings. The maximum atomic E-state index is 12.6. The molecule has 0 radical (unpaired) electrons. The summed E-state index contributed by atoms with van der Waals surface area (Å²) in [5.41, 5.74) is 4.76. The maximum absolute atomic E-state index is 12.6. The van der Waals surface area contributed by atoms with Crippen LogP contribution < -0.4 is 10.6 Å². The van der Waals surface area contributed by atoms with Crippen LogP contribution in [0.3, 0.4) is 0 Å². The normalized spacial score (nSPS) is 14.6. The van der Waals surface area contributed by atoms with Gasteiger partial charge in [-0.15, -0.1) is 0 Å². The van der Waals surface area contributed by atoms with Crippen molar-refractivity contribution in [2.45, 2.75) is 40.0 Å². The van der Waals surface area contributed by atoms with E-state index in [0.29, 0.717) is 31.7 Å². The van der Waals surface area contributed by atoms with Gasteiger partial charge in [-0.05, 0) is 54.2 Å². The van der Waals surface area contributed by atoms with Gasteiger partial charge in [0.1, 0.15) is 0 Å². The van der Waals surface area contributed by atoms with Gasteiger partial charge in [-0.3, -0.25) is 19.3 Å². The van der Waals surface area contributed by atoms with Crippen molar-refractivity contribution in [1.29, 1.82) is 0 Å². The van der Waals surface area contributed by atoms with Gasteiger partial charge in [0.2, 0.25) is 11.8 Å². The van der Waals surface area contributed by atoms with Gasteiger partial charge in [0.05, 0.1) is 13.1 Å². The van der Waals surface area contributed by atoms with E-state index >= 15 is 0 Å². The van der Waals surface area contributed by atoms with Gasteiger partial charge in [0.15, 0.2) is 0 Å². The Hall–Kier alpha value is -3.19. The fourth-order valence-electron chi connectivity index (χ4n) is 3.93. The van der Waals surface area contributed by atoms with Crippen molar-refractivity contribution in [2.24, 2.45) is 0 Å². The largest absolute Gasteiger partial charge is 0.343 e. The van der Waals surface area contributed by atoms with Gasteiger partial charge in [-0.25, -0.2) is 0 Å². The van der Waals surface area contributed by atoms with Gasteiger partial charge < -0.3 is 15.5 Å². The second-order valence-corrected chi connectivity index (χ2v) is 9.96. The summed E-state index contributed by atoms with van der Waals surface area (Å²) in [6, 6.07) is 13.3. The van der Waals surface area contributed by atoms with Crippen LogP contribution >= 0.6 is 0 Å². The van der Waals surface area contributed by atoms with E-state index in [2.05, 4.69) is 31.4 Å². The zero-order chi connectivity index (χ0) is 24.9. The molecule has 0 aliphatic carbocycles. The van der Waals surface area contributed by atoms with Crippen molar-refractivity contribution >= 4 is 23.4 Å². The third-order valence-electron chi connectivity index (χ3n) is 6.38. The molecule has 7 nitrogen and oxygen atoms in total. The molecule has 0 bridgehead atoms. The summed E-state index contributed by atoms with van der Waals surface area (Å²) in [5.74, 6) is -0.423. The highest BCUT2D eigenvalue weighted by molar-refractivity contribution is 5.96. The van der Waals surface area contributed by atoms with E-state index in [0.717, 1.165) is 22.4 Å². The molecule has 0 saturated carbocycles. The number of aryl methyl sites for hydroxylation is 1. The van der Waals surface area contributed by atoms with Crippen molar-refractivity contribution in [3.8, 4) is 0 Å². The Labute approximate surface area is 202 Å². The topological polar surface area (TPSA) is 81.8 Å². The molecule has 0 spiro atoms. The number of nitrogens with zero attached hydrogens (tertiary/aromatic N) is 2. The van der Waals surface area contributed by atoms with Crippen LogP contribution in [-0.2, 0) is 15.0 Å². The third kappa shape index (κ3) is 6.67. The lowest BCUT2D eigenvalue weighted by atomic mass is 9.87. The highest BCUT2D eigenvalue weighted by Crippen LogP contribution is 2.22. The number of carbonyl (C=O) groups is 3. The predicted molar refractivity (Wildman–Crippen MR) is 135 cm³/mol. The van der Waals surface area contributed by atoms with Gasteiger partial charge in [-0.1, -0.05) is 45.0 Å². The molecule has 3 rings (SSSR count). The molecule has 0 aromatic heterocycles. The van der Waals surface area contributed by atoms with Crippen molar-refractivity contribution in [3.63, 3.8) is 0 Å². The van der Waals surface area contributed by atoms with Crippen LogP contribution in [0.15, 0.2) is 42.5 Å². The number of hydrogen-bond acceptors (Lipinski definition) is 4. The lowest BCUT2D eigenvalue weighted by molar-refractivity contribution is -0.132. The summed E-state index contributed by atoms with van der Waals surface area (Å²) >= 11 is 0. The first-order valence-electron chi connectivity index (χ1n) is 11.8. The fraction of sp³-hybridized carbons (Fsp3) is 0.444. The Balaban J connectivity index is 1.41. The van der Waals surface area contributed by atoms with Crippen LogP contribution in [0.1, 0.15) is 47.8 Å². The summed E-state index contributed by atoms with van der Waals surface area (Å²) in [4.78, 5) is 41.2. The quantitative estimate of drug-likeness (QED) is 0.688. The number of anilines is 1. The molecule has 2 aromatic rings. The monoisotopic (exact) mass is 464 g/mol. The first-order valence-corrected chi connectivity index (χ1v) is 11.8. The van der Waals surface area contributed by atoms with Crippen LogP contribution in [0.4, 0.5) is 5.69 Å². The lowest BCUT2D eigenvalue weighted by Gasteiger charge is -2.34. The number of carbonyl (C=O) groups excluding carboxylic acids is 3. The molecule has 182 valence electrons. The Bertz CT molecular complexity index is 1030. The van der Waals surface area contributed by atoms with Gasteiger partial charge in [0, 0.05) is 37.4 Å². The summed E-state index contributed by atoms with van der Waals surface area (Å²) in [7, 11) is 0. The van der Waals surface area contributed by atoms with Gasteiger partial charge >= 0.3 is 0 Å². The minimum atomic E-state index is -0.254. The van der Waals surface area contributed by atoms with Crippen molar-refractivity contribution < 1.29 is 14.4 Å². The first-order chi connectivity index (χ1) is 16.0. The Morgan fingerprint density at radius 2 is 1.56 bits per heavy atom. The van der Waals surface area contributed by atoms with E-state index in [1.54, 1.807) is 17.0 Å². The molecule has 3 amide bonds. The predicted octanol–water partition coefficient (Wildman–Crippen LogP) is 3.11. The highest BCUT2D eigenvalue weighted by atomic mass is 16.2. The molecule has 7 heteroatoms. The average molecular weight is 465 g/mol. The van der Waals surface area contributed by atoms with E-state index in [9.17, 15) is 14.4 Å². The number of piperazine rings is 1. The smallest absolute Gasteiger partial charge is 0.251 e. The fourth-order valence-corrected chi connectivity index (χ4v) is 3.93. The standard InChI is InChI=1S/C27H36N4O3/c1-19-7-6-8-23(20(19)2)29-24(32)18-30-13-15-31(16-14-30)25(33)17-28-26(34)21-9-11-22(12-10-21)27(3,4)5/h6-12H,13-18H2,1-5H3,(H,28,34)(H,29,32). The molecule has 1 fully saturated rings. The van der Waals surface area contributed by atoms with Crippen LogP contribution in [0.25, 0.3) is 0 Å². The highest BCUT2D eigenvalue weighted by Gasteiger charge is 2.23. The molecule has 34 heavy (non-hydrogen) atoms. The van der Waals surface area contributed by atoms with E-state index in [4.69, 9.17) is 0 Å². The third-order valence-corrected chi connectivity index (χ3v) is 6.38. The van der Waals surface area contributed by atoms with E-state index in [1.807, 2.05) is 49.1 Å². The molecule has 0 unspecified atom stereocenters. The molecule has 0 atom stereocenters. The second kappa shape index (κ2) is 10.8. The van der Waals surface area contributed by atoms with E-state index in [-0.39, 0.29) is 36.2 Å². The molecule has 2 N–H and O–H groups in total. The van der Waals surface area contributed by atoms with E-state index < -0.39 is 0 Å². The Morgan fingerprint density at radius 1 is 0.912 bits per heavy atom. The molecule has 1 saturated heterocycles. The van der Waals surface area contributed by atoms with Crippen molar-refractivity contribution in [2.75, 3.05) is 44.6 Å². The number of rotatable bonds is 6. The SMILES string of the molecule is Cc1cccc(NC(=O)CN2CCN(C(=O)CNC(=O)c3ccc(C(C)(C)C)cc3)CC2)c1C. The molecule has 1 aliphatic heterocycles. The van der Waals surface area contributed by atoms with Gasteiger partial charge in [0.25, 0.3) is 5.91 Å². The van der Waals surface area contributed by atoms with Gasteiger partial charge in [-0.2, -0.15) is 0 Å². The first kappa shape index (κ1) is 25.4. The minimum Gasteiger partial charge on any atom is -0.343 e. The number of nitrogens with one attached hydrogen (secondary N) is 2. The molecule has 1 heterocycles. The summed E-state index contributed by atoms with van der Waals surface area (Å²) in [6.07, 6.45) is 0. The van der Waals surface area contributed by atoms with Crippen LogP contribution in [0.2, 0.25) is 0 Å². The van der Waals surface area contributed by atoms with Crippen LogP contribution in [0, 0.1) is 13.8 Å². The minimum absolute atomic E-state index is 0.0212. The lowest BCUT2D eigenvalue weighted by Crippen LogP contribution is -2.52. The van der Waals surface area contributed by atoms with Crippen molar-refractivity contribution in [3.05, 3.63) is 64.7 Å². The summed E-state index contributed by atoms with van der Waals surface area (Å²) in [5, 5.41) is 5.71. The number of amides is 3. The molecular weight excluding hydrogens is 428 g/mol. The number of benzene rings is 2.